The van der Waals surface area contributed by atoms with Gasteiger partial charge in [0.1, 0.15) is 19.1 Å². The number of amides is 2. The molecule has 0 spiro atoms. The molecule has 0 saturated carbocycles. The third-order valence-electron chi connectivity index (χ3n) is 5.85. The summed E-state index contributed by atoms with van der Waals surface area (Å²) in [5, 5.41) is 0. The van der Waals surface area contributed by atoms with Crippen molar-refractivity contribution in [3.63, 3.8) is 0 Å². The lowest BCUT2D eigenvalue weighted by atomic mass is 9.91. The number of benzene rings is 1. The van der Waals surface area contributed by atoms with Gasteiger partial charge >= 0.3 is 0 Å². The van der Waals surface area contributed by atoms with Gasteiger partial charge in [0.2, 0.25) is 11.8 Å². The van der Waals surface area contributed by atoms with Crippen LogP contribution in [0.4, 0.5) is 5.69 Å². The Morgan fingerprint density at radius 2 is 1.93 bits per heavy atom. The number of hydrogen-bond donors (Lipinski definition) is 1. The van der Waals surface area contributed by atoms with Crippen molar-refractivity contribution in [2.75, 3.05) is 37.7 Å². The minimum absolute atomic E-state index is 0. The van der Waals surface area contributed by atoms with E-state index >= 15 is 0 Å². The lowest BCUT2D eigenvalue weighted by Crippen LogP contribution is -2.48. The fraction of sp³-hybridized carbons (Fsp3) is 0.600. The van der Waals surface area contributed by atoms with E-state index in [0.29, 0.717) is 50.1 Å². The Hall–Kier alpha value is -1.99. The Labute approximate surface area is 171 Å². The van der Waals surface area contributed by atoms with Gasteiger partial charge in [-0.3, -0.25) is 9.59 Å². The summed E-state index contributed by atoms with van der Waals surface area (Å²) in [7, 11) is 0. The van der Waals surface area contributed by atoms with Gasteiger partial charge in [0, 0.05) is 37.4 Å². The Bertz CT molecular complexity index is 742. The van der Waals surface area contributed by atoms with E-state index in [2.05, 4.69) is 0 Å². The molecule has 3 heterocycles. The Morgan fingerprint density at radius 1 is 1.18 bits per heavy atom. The van der Waals surface area contributed by atoms with E-state index in [-0.39, 0.29) is 30.3 Å². The number of rotatable bonds is 3. The van der Waals surface area contributed by atoms with Gasteiger partial charge < -0.3 is 25.0 Å². The van der Waals surface area contributed by atoms with Crippen molar-refractivity contribution < 1.29 is 19.1 Å². The second-order valence-corrected chi connectivity index (χ2v) is 7.70. The molecule has 3 unspecified atom stereocenters. The third kappa shape index (κ3) is 3.91. The van der Waals surface area contributed by atoms with Crippen LogP contribution in [0.15, 0.2) is 18.2 Å². The van der Waals surface area contributed by atoms with Crippen LogP contribution in [-0.2, 0) is 9.59 Å². The smallest absolute Gasteiger partial charge is 0.239 e. The summed E-state index contributed by atoms with van der Waals surface area (Å²) in [5.41, 5.74) is 6.79. The molecule has 0 aromatic heterocycles. The molecule has 28 heavy (non-hydrogen) atoms. The van der Waals surface area contributed by atoms with Crippen molar-refractivity contribution in [3.05, 3.63) is 18.2 Å². The molecule has 2 amide bonds. The molecule has 0 bridgehead atoms. The second-order valence-electron chi connectivity index (χ2n) is 7.70. The molecule has 3 atom stereocenters. The van der Waals surface area contributed by atoms with Crippen LogP contribution in [0, 0.1) is 11.8 Å². The quantitative estimate of drug-likeness (QED) is 0.769. The Balaban J connectivity index is 0.00000225. The zero-order valence-corrected chi connectivity index (χ0v) is 17.0. The standard InChI is InChI=1S/C20H27N3O4.ClH/c1-13(21)14-3-2-7-22(12-14)19(24)16-6-8-23(20(16)25)15-4-5-17-18(11-15)27-10-9-26-17;/h4-5,11,13-14,16H,2-3,6-10,12,21H2,1H3;1H. The summed E-state index contributed by atoms with van der Waals surface area (Å²) < 4.78 is 11.1. The molecule has 4 rings (SSSR count). The molecule has 3 aliphatic rings. The van der Waals surface area contributed by atoms with E-state index in [9.17, 15) is 9.59 Å². The van der Waals surface area contributed by atoms with Crippen LogP contribution in [0.2, 0.25) is 0 Å². The van der Waals surface area contributed by atoms with Crippen molar-refractivity contribution in [1.29, 1.82) is 0 Å². The molecule has 2 fully saturated rings. The molecule has 7 nitrogen and oxygen atoms in total. The first-order valence-electron chi connectivity index (χ1n) is 9.80. The topological polar surface area (TPSA) is 85.1 Å². The Kier molecular flexibility index (Phi) is 6.35. The van der Waals surface area contributed by atoms with E-state index in [0.717, 1.165) is 25.1 Å². The van der Waals surface area contributed by atoms with E-state index < -0.39 is 5.92 Å². The van der Waals surface area contributed by atoms with Crippen LogP contribution in [0.1, 0.15) is 26.2 Å². The van der Waals surface area contributed by atoms with Crippen molar-refractivity contribution in [2.24, 2.45) is 17.6 Å². The first-order chi connectivity index (χ1) is 13.0. The highest BCUT2D eigenvalue weighted by Crippen LogP contribution is 2.36. The number of ether oxygens (including phenoxy) is 2. The van der Waals surface area contributed by atoms with Gasteiger partial charge in [-0.1, -0.05) is 0 Å². The summed E-state index contributed by atoms with van der Waals surface area (Å²) in [6.45, 7) is 4.94. The fourth-order valence-corrected chi connectivity index (χ4v) is 4.23. The molecule has 3 aliphatic heterocycles. The lowest BCUT2D eigenvalue weighted by Gasteiger charge is -2.35. The average Bonchev–Trinajstić information content (AvgIpc) is 3.08. The summed E-state index contributed by atoms with van der Waals surface area (Å²) >= 11 is 0. The van der Waals surface area contributed by atoms with E-state index in [4.69, 9.17) is 15.2 Å². The van der Waals surface area contributed by atoms with E-state index in [1.54, 1.807) is 4.90 Å². The van der Waals surface area contributed by atoms with Crippen molar-refractivity contribution in [2.45, 2.75) is 32.2 Å². The molecule has 0 radical (unpaired) electrons. The third-order valence-corrected chi connectivity index (χ3v) is 5.85. The zero-order chi connectivity index (χ0) is 19.0. The number of nitrogens with zero attached hydrogens (tertiary/aromatic N) is 2. The van der Waals surface area contributed by atoms with Crippen molar-refractivity contribution >= 4 is 29.9 Å². The number of nitrogens with two attached hydrogens (primary N) is 1. The molecule has 0 aliphatic carbocycles. The largest absolute Gasteiger partial charge is 0.486 e. The number of piperidine rings is 1. The zero-order valence-electron chi connectivity index (χ0n) is 16.1. The first kappa shape index (κ1) is 20.7. The van der Waals surface area contributed by atoms with E-state index in [1.165, 1.54) is 0 Å². The van der Waals surface area contributed by atoms with Gasteiger partial charge in [0.25, 0.3) is 0 Å². The van der Waals surface area contributed by atoms with Gasteiger partial charge in [-0.05, 0) is 44.2 Å². The SMILES string of the molecule is CC(N)C1CCCN(C(=O)C2CCN(c3ccc4c(c3)OCCO4)C2=O)C1.Cl. The van der Waals surface area contributed by atoms with Crippen molar-refractivity contribution in [1.82, 2.24) is 4.90 Å². The maximum absolute atomic E-state index is 13.0. The molecular formula is C20H28ClN3O4. The number of carbonyl (C=O) groups excluding carboxylic acids is 2. The van der Waals surface area contributed by atoms with Gasteiger partial charge in [-0.2, -0.15) is 0 Å². The number of fused-ring (bicyclic) bond motifs is 1. The van der Waals surface area contributed by atoms with Crippen LogP contribution in [0.3, 0.4) is 0 Å². The van der Waals surface area contributed by atoms with Gasteiger partial charge in [0.05, 0.1) is 0 Å². The molecule has 2 saturated heterocycles. The van der Waals surface area contributed by atoms with Crippen molar-refractivity contribution in [3.8, 4) is 11.5 Å². The summed E-state index contributed by atoms with van der Waals surface area (Å²) in [6, 6.07) is 5.57. The number of likely N-dealkylation sites (tertiary alicyclic amines) is 1. The van der Waals surface area contributed by atoms with Gasteiger partial charge in [0.15, 0.2) is 11.5 Å². The lowest BCUT2D eigenvalue weighted by molar-refractivity contribution is -0.141. The highest BCUT2D eigenvalue weighted by Gasteiger charge is 2.41. The normalized spacial score (nSPS) is 25.3. The predicted octanol–water partition coefficient (Wildman–Crippen LogP) is 1.82. The van der Waals surface area contributed by atoms with Crippen LogP contribution in [0.25, 0.3) is 0 Å². The van der Waals surface area contributed by atoms with Crippen LogP contribution < -0.4 is 20.1 Å². The highest BCUT2D eigenvalue weighted by atomic mass is 35.5. The monoisotopic (exact) mass is 409 g/mol. The highest BCUT2D eigenvalue weighted by molar-refractivity contribution is 6.09. The van der Waals surface area contributed by atoms with Crippen LogP contribution in [0.5, 0.6) is 11.5 Å². The molecular weight excluding hydrogens is 382 g/mol. The molecule has 1 aromatic rings. The number of hydrogen-bond acceptors (Lipinski definition) is 5. The van der Waals surface area contributed by atoms with Gasteiger partial charge in [-0.15, -0.1) is 12.4 Å². The summed E-state index contributed by atoms with van der Waals surface area (Å²) in [5.74, 6) is 0.889. The second kappa shape index (κ2) is 8.57. The number of halogens is 1. The summed E-state index contributed by atoms with van der Waals surface area (Å²) in [6.07, 6.45) is 2.54. The van der Waals surface area contributed by atoms with Crippen LogP contribution in [-0.4, -0.2) is 55.6 Å². The van der Waals surface area contributed by atoms with Gasteiger partial charge in [-0.25, -0.2) is 0 Å². The number of anilines is 1. The average molecular weight is 410 g/mol. The summed E-state index contributed by atoms with van der Waals surface area (Å²) in [4.78, 5) is 29.5. The molecule has 154 valence electrons. The van der Waals surface area contributed by atoms with E-state index in [1.807, 2.05) is 30.0 Å². The molecule has 2 N–H and O–H groups in total. The maximum atomic E-state index is 13.0. The molecule has 1 aromatic carbocycles. The van der Waals surface area contributed by atoms with Crippen LogP contribution >= 0.6 is 12.4 Å². The molecule has 8 heteroatoms. The number of carbonyl (C=O) groups is 2. The Morgan fingerprint density at radius 3 is 2.68 bits per heavy atom. The maximum Gasteiger partial charge on any atom is 0.239 e. The minimum atomic E-state index is -0.593. The minimum Gasteiger partial charge on any atom is -0.486 e. The first-order valence-corrected chi connectivity index (χ1v) is 9.80. The predicted molar refractivity (Wildman–Crippen MR) is 108 cm³/mol. The fourth-order valence-electron chi connectivity index (χ4n) is 4.23.